The Morgan fingerprint density at radius 2 is 2.37 bits per heavy atom. The molecule has 0 saturated carbocycles. The van der Waals surface area contributed by atoms with Gasteiger partial charge in [0.2, 0.25) is 0 Å². The van der Waals surface area contributed by atoms with Crippen molar-refractivity contribution in [3.05, 3.63) is 30.4 Å². The number of nitrogens with two attached hydrogens (primary N) is 1. The van der Waals surface area contributed by atoms with Crippen molar-refractivity contribution in [3.8, 4) is 0 Å². The molecule has 0 bridgehead atoms. The Morgan fingerprint density at radius 1 is 1.53 bits per heavy atom. The van der Waals surface area contributed by atoms with Crippen molar-refractivity contribution >= 4 is 5.91 Å². The zero-order valence-electron chi connectivity index (χ0n) is 10.7. The number of carbonyl (C=O) groups is 1. The highest BCUT2D eigenvalue weighted by Gasteiger charge is 2.13. The average molecular weight is 263 g/mol. The molecule has 0 saturated heterocycles. The van der Waals surface area contributed by atoms with Crippen LogP contribution in [0.4, 0.5) is 0 Å². The van der Waals surface area contributed by atoms with E-state index >= 15 is 0 Å². The van der Waals surface area contributed by atoms with Gasteiger partial charge < -0.3 is 11.1 Å². The normalized spacial score (nSPS) is 12.3. The maximum absolute atomic E-state index is 11.9. The number of nitrogens with zero attached hydrogens (tertiary/aromatic N) is 5. The number of hydrogen-bond donors (Lipinski definition) is 2. The predicted molar refractivity (Wildman–Crippen MR) is 68.2 cm³/mol. The Morgan fingerprint density at radius 3 is 3.05 bits per heavy atom. The van der Waals surface area contributed by atoms with Crippen LogP contribution in [-0.2, 0) is 13.1 Å². The van der Waals surface area contributed by atoms with Crippen LogP contribution >= 0.6 is 0 Å². The summed E-state index contributed by atoms with van der Waals surface area (Å²) in [4.78, 5) is 11.9. The summed E-state index contributed by atoms with van der Waals surface area (Å²) in [6, 6.07) is 1.79. The fourth-order valence-electron chi connectivity index (χ4n) is 1.68. The van der Waals surface area contributed by atoms with E-state index in [1.165, 1.54) is 0 Å². The maximum atomic E-state index is 11.9. The lowest BCUT2D eigenvalue weighted by atomic mass is 10.3. The minimum atomic E-state index is -0.247. The van der Waals surface area contributed by atoms with Gasteiger partial charge in [-0.2, -0.15) is 5.10 Å². The smallest absolute Gasteiger partial charge is 0.273 e. The summed E-state index contributed by atoms with van der Waals surface area (Å²) in [5.74, 6) is -0.247. The highest BCUT2D eigenvalue weighted by molar-refractivity contribution is 5.92. The van der Waals surface area contributed by atoms with Crippen LogP contribution in [-0.4, -0.2) is 43.3 Å². The van der Waals surface area contributed by atoms with Gasteiger partial charge in [0, 0.05) is 25.0 Å². The summed E-state index contributed by atoms with van der Waals surface area (Å²) < 4.78 is 3.31. The molecule has 8 heteroatoms. The van der Waals surface area contributed by atoms with Crippen LogP contribution in [0.25, 0.3) is 0 Å². The Balaban J connectivity index is 1.88. The molecule has 19 heavy (non-hydrogen) atoms. The van der Waals surface area contributed by atoms with Crippen LogP contribution in [0.5, 0.6) is 0 Å². The van der Waals surface area contributed by atoms with Gasteiger partial charge in [-0.15, -0.1) is 5.10 Å². The number of rotatable bonds is 6. The van der Waals surface area contributed by atoms with Crippen LogP contribution in [0.3, 0.4) is 0 Å². The molecule has 3 N–H and O–H groups in total. The molecule has 2 aromatic heterocycles. The first-order valence-electron chi connectivity index (χ1n) is 6.07. The van der Waals surface area contributed by atoms with Gasteiger partial charge in [-0.3, -0.25) is 14.2 Å². The first-order valence-corrected chi connectivity index (χ1v) is 6.07. The van der Waals surface area contributed by atoms with Crippen molar-refractivity contribution in [3.63, 3.8) is 0 Å². The Hall–Kier alpha value is -2.22. The number of hydrogen-bond acceptors (Lipinski definition) is 5. The van der Waals surface area contributed by atoms with Crippen LogP contribution in [0.1, 0.15) is 17.4 Å². The molecule has 0 spiro atoms. The standard InChI is InChI=1S/C11H17N7O/c1-9(7-17-5-2-4-13-17)14-11(19)10-8-18(6-3-12)16-15-10/h2,4-5,8-9H,3,6-7,12H2,1H3,(H,14,19). The summed E-state index contributed by atoms with van der Waals surface area (Å²) in [5.41, 5.74) is 5.70. The Bertz CT molecular complexity index is 519. The molecule has 2 rings (SSSR count). The fraction of sp³-hybridized carbons (Fsp3) is 0.455. The lowest BCUT2D eigenvalue weighted by Gasteiger charge is -2.12. The molecule has 1 amide bonds. The quantitative estimate of drug-likeness (QED) is 0.714. The predicted octanol–water partition coefficient (Wildman–Crippen LogP) is -0.748. The van der Waals surface area contributed by atoms with Crippen LogP contribution in [0.2, 0.25) is 0 Å². The highest BCUT2D eigenvalue weighted by Crippen LogP contribution is 1.96. The summed E-state index contributed by atoms with van der Waals surface area (Å²) in [6.07, 6.45) is 5.13. The van der Waals surface area contributed by atoms with Crippen LogP contribution in [0.15, 0.2) is 24.7 Å². The lowest BCUT2D eigenvalue weighted by molar-refractivity contribution is 0.0931. The molecule has 0 fully saturated rings. The van der Waals surface area contributed by atoms with Gasteiger partial charge in [-0.1, -0.05) is 5.21 Å². The zero-order chi connectivity index (χ0) is 13.7. The van der Waals surface area contributed by atoms with Crippen LogP contribution < -0.4 is 11.1 Å². The SMILES string of the molecule is CC(Cn1cccn1)NC(=O)c1cn(CCN)nn1. The van der Waals surface area contributed by atoms with Crippen LogP contribution in [0, 0.1) is 0 Å². The van der Waals surface area contributed by atoms with Gasteiger partial charge in [-0.05, 0) is 13.0 Å². The van der Waals surface area contributed by atoms with Crippen molar-refractivity contribution in [1.82, 2.24) is 30.1 Å². The second kappa shape index (κ2) is 6.10. The second-order valence-electron chi connectivity index (χ2n) is 4.26. The topological polar surface area (TPSA) is 104 Å². The highest BCUT2D eigenvalue weighted by atomic mass is 16.2. The molecule has 0 aliphatic heterocycles. The van der Waals surface area contributed by atoms with E-state index in [1.807, 2.05) is 19.2 Å². The van der Waals surface area contributed by atoms with Crippen molar-refractivity contribution in [1.29, 1.82) is 0 Å². The molecular formula is C11H17N7O. The molecular weight excluding hydrogens is 246 g/mol. The van der Waals surface area contributed by atoms with Gasteiger partial charge in [0.15, 0.2) is 5.69 Å². The molecule has 0 aliphatic rings. The minimum absolute atomic E-state index is 0.0490. The number of aromatic nitrogens is 5. The van der Waals surface area contributed by atoms with E-state index in [2.05, 4.69) is 20.7 Å². The third-order valence-corrected chi connectivity index (χ3v) is 2.53. The van der Waals surface area contributed by atoms with Gasteiger partial charge >= 0.3 is 0 Å². The van der Waals surface area contributed by atoms with Crippen molar-refractivity contribution < 1.29 is 4.79 Å². The molecule has 1 unspecified atom stereocenters. The van der Waals surface area contributed by atoms with E-state index < -0.39 is 0 Å². The van der Waals surface area contributed by atoms with Crippen molar-refractivity contribution in [2.75, 3.05) is 6.54 Å². The molecule has 1 atom stereocenters. The van der Waals surface area contributed by atoms with Gasteiger partial charge in [-0.25, -0.2) is 0 Å². The third-order valence-electron chi connectivity index (χ3n) is 2.53. The first kappa shape index (κ1) is 13.2. The second-order valence-corrected chi connectivity index (χ2v) is 4.26. The number of carbonyl (C=O) groups excluding carboxylic acids is 1. The fourth-order valence-corrected chi connectivity index (χ4v) is 1.68. The largest absolute Gasteiger partial charge is 0.346 e. The molecule has 0 aliphatic carbocycles. The minimum Gasteiger partial charge on any atom is -0.346 e. The van der Waals surface area contributed by atoms with E-state index in [0.29, 0.717) is 25.3 Å². The Kier molecular flexibility index (Phi) is 4.24. The Labute approximate surface area is 110 Å². The molecule has 102 valence electrons. The van der Waals surface area contributed by atoms with Gasteiger partial charge in [0.25, 0.3) is 5.91 Å². The lowest BCUT2D eigenvalue weighted by Crippen LogP contribution is -2.36. The zero-order valence-corrected chi connectivity index (χ0v) is 10.7. The van der Waals surface area contributed by atoms with Gasteiger partial charge in [0.1, 0.15) is 0 Å². The average Bonchev–Trinajstić information content (AvgIpc) is 3.00. The van der Waals surface area contributed by atoms with E-state index in [-0.39, 0.29) is 11.9 Å². The molecule has 2 aromatic rings. The summed E-state index contributed by atoms with van der Waals surface area (Å²) in [7, 11) is 0. The van der Waals surface area contributed by atoms with Crippen molar-refractivity contribution in [2.24, 2.45) is 5.73 Å². The summed E-state index contributed by atoms with van der Waals surface area (Å²) in [6.45, 7) is 3.52. The summed E-state index contributed by atoms with van der Waals surface area (Å²) >= 11 is 0. The maximum Gasteiger partial charge on any atom is 0.273 e. The number of nitrogens with one attached hydrogen (secondary N) is 1. The number of amides is 1. The van der Waals surface area contributed by atoms with E-state index in [4.69, 9.17) is 5.73 Å². The van der Waals surface area contributed by atoms with Gasteiger partial charge in [0.05, 0.1) is 19.3 Å². The van der Waals surface area contributed by atoms with E-state index in [9.17, 15) is 4.79 Å². The molecule has 2 heterocycles. The molecule has 8 nitrogen and oxygen atoms in total. The monoisotopic (exact) mass is 263 g/mol. The van der Waals surface area contributed by atoms with Crippen molar-refractivity contribution in [2.45, 2.75) is 26.1 Å². The van der Waals surface area contributed by atoms with E-state index in [1.54, 1.807) is 21.8 Å². The molecule has 0 radical (unpaired) electrons. The summed E-state index contributed by atoms with van der Waals surface area (Å²) in [5, 5.41) is 14.6. The first-order chi connectivity index (χ1) is 9.19. The third kappa shape index (κ3) is 3.62. The van der Waals surface area contributed by atoms with E-state index in [0.717, 1.165) is 0 Å². The molecule has 0 aromatic carbocycles.